The summed E-state index contributed by atoms with van der Waals surface area (Å²) in [5.41, 5.74) is 0. The maximum absolute atomic E-state index is 10.7. The second-order valence-corrected chi connectivity index (χ2v) is 3.08. The van der Waals surface area contributed by atoms with E-state index in [1.165, 1.54) is 0 Å². The van der Waals surface area contributed by atoms with Crippen LogP contribution in [0.5, 0.6) is 0 Å². The number of carbonyl (C=O) groups excluding carboxylic acids is 1. The Bertz CT molecular complexity index is 218. The van der Waals surface area contributed by atoms with E-state index in [1.807, 2.05) is 0 Å². The lowest BCUT2D eigenvalue weighted by atomic mass is 10.0. The molecule has 1 aliphatic rings. The highest BCUT2D eigenvalue weighted by Crippen LogP contribution is 2.20. The molecule has 14 heavy (non-hydrogen) atoms. The van der Waals surface area contributed by atoms with Crippen molar-refractivity contribution in [1.82, 2.24) is 0 Å². The Balaban J connectivity index is 2.66. The second kappa shape index (κ2) is 4.20. The highest BCUT2D eigenvalue weighted by molar-refractivity contribution is 5.77. The van der Waals surface area contributed by atoms with Crippen LogP contribution < -0.4 is 0 Å². The van der Waals surface area contributed by atoms with Gasteiger partial charge in [-0.3, -0.25) is 0 Å². The Kier molecular flexibility index (Phi) is 3.40. The van der Waals surface area contributed by atoms with Gasteiger partial charge < -0.3 is 30.3 Å². The normalized spacial score (nSPS) is 36.6. The summed E-state index contributed by atoms with van der Waals surface area (Å²) >= 11 is 0. The zero-order valence-electron chi connectivity index (χ0n) is 7.15. The first-order valence-electron chi connectivity index (χ1n) is 4.02. The predicted octanol–water partition coefficient (Wildman–Crippen LogP) is -3.65. The molecular weight excluding hydrogens is 196 g/mol. The zero-order chi connectivity index (χ0) is 10.9. The molecule has 0 spiro atoms. The highest BCUT2D eigenvalue weighted by atomic mass is 16.6. The molecule has 0 unspecified atom stereocenters. The van der Waals surface area contributed by atoms with Gasteiger partial charge in [-0.25, -0.2) is 4.79 Å². The summed E-state index contributed by atoms with van der Waals surface area (Å²) in [6.07, 6.45) is -7.90. The van der Waals surface area contributed by atoms with Gasteiger partial charge in [-0.15, -0.1) is 0 Å². The monoisotopic (exact) mass is 208 g/mol. The first-order chi connectivity index (χ1) is 6.49. The molecule has 1 saturated heterocycles. The molecule has 0 aromatic rings. The average molecular weight is 208 g/mol. The maximum atomic E-state index is 10.7. The lowest BCUT2D eigenvalue weighted by molar-refractivity contribution is -0.155. The summed E-state index contributed by atoms with van der Waals surface area (Å²) in [6, 6.07) is 0. The van der Waals surface area contributed by atoms with E-state index in [2.05, 4.69) is 4.74 Å². The predicted molar refractivity (Wildman–Crippen MR) is 41.0 cm³/mol. The van der Waals surface area contributed by atoms with Crippen LogP contribution in [-0.4, -0.2) is 68.6 Å². The van der Waals surface area contributed by atoms with Crippen LogP contribution >= 0.6 is 0 Å². The molecule has 82 valence electrons. The number of aliphatic hydroxyl groups excluding tert-OH is 5. The quantitative estimate of drug-likeness (QED) is 0.302. The molecule has 1 fully saturated rings. The van der Waals surface area contributed by atoms with Crippen molar-refractivity contribution in [2.45, 2.75) is 30.5 Å². The summed E-state index contributed by atoms with van der Waals surface area (Å²) in [5, 5.41) is 44.9. The van der Waals surface area contributed by atoms with Crippen LogP contribution in [0.2, 0.25) is 0 Å². The molecule has 0 aromatic heterocycles. The van der Waals surface area contributed by atoms with E-state index < -0.39 is 43.1 Å². The Hall–Kier alpha value is -0.730. The molecule has 1 aliphatic heterocycles. The van der Waals surface area contributed by atoms with Crippen molar-refractivity contribution in [3.05, 3.63) is 0 Å². The van der Waals surface area contributed by atoms with Crippen LogP contribution in [0.25, 0.3) is 0 Å². The Morgan fingerprint density at radius 3 is 2.29 bits per heavy atom. The van der Waals surface area contributed by atoms with E-state index in [0.717, 1.165) is 0 Å². The number of carbonyl (C=O) groups is 1. The molecule has 7 nitrogen and oxygen atoms in total. The van der Waals surface area contributed by atoms with Crippen LogP contribution in [-0.2, 0) is 9.53 Å². The van der Waals surface area contributed by atoms with Gasteiger partial charge >= 0.3 is 5.97 Å². The maximum Gasteiger partial charge on any atom is 0.338 e. The minimum atomic E-state index is -1.72. The van der Waals surface area contributed by atoms with Crippen molar-refractivity contribution in [3.63, 3.8) is 0 Å². The lowest BCUT2D eigenvalue weighted by Crippen LogP contribution is -2.46. The van der Waals surface area contributed by atoms with Gasteiger partial charge in [0, 0.05) is 0 Å². The molecule has 0 amide bonds. The average Bonchev–Trinajstić information content (AvgIpc) is 2.43. The van der Waals surface area contributed by atoms with E-state index in [9.17, 15) is 15.0 Å². The van der Waals surface area contributed by atoms with Gasteiger partial charge in [-0.1, -0.05) is 0 Å². The number of hydrogen-bond acceptors (Lipinski definition) is 7. The van der Waals surface area contributed by atoms with Crippen molar-refractivity contribution >= 4 is 5.97 Å². The van der Waals surface area contributed by atoms with E-state index in [0.29, 0.717) is 0 Å². The van der Waals surface area contributed by atoms with Gasteiger partial charge in [-0.2, -0.15) is 0 Å². The van der Waals surface area contributed by atoms with Gasteiger partial charge in [-0.05, 0) is 0 Å². The van der Waals surface area contributed by atoms with Gasteiger partial charge in [0.15, 0.2) is 12.2 Å². The van der Waals surface area contributed by atoms with E-state index in [4.69, 9.17) is 15.3 Å². The minimum absolute atomic E-state index is 0.738. The summed E-state index contributed by atoms with van der Waals surface area (Å²) in [4.78, 5) is 10.7. The minimum Gasteiger partial charge on any atom is -0.455 e. The molecule has 7 heteroatoms. The summed E-state index contributed by atoms with van der Waals surface area (Å²) in [6.45, 7) is -0.738. The van der Waals surface area contributed by atoms with Crippen molar-refractivity contribution < 1.29 is 35.1 Å². The fourth-order valence-corrected chi connectivity index (χ4v) is 1.19. The van der Waals surface area contributed by atoms with Crippen molar-refractivity contribution in [2.75, 3.05) is 6.61 Å². The zero-order valence-corrected chi connectivity index (χ0v) is 7.15. The van der Waals surface area contributed by atoms with Crippen LogP contribution in [0.1, 0.15) is 0 Å². The molecule has 0 aromatic carbocycles. The third-order valence-corrected chi connectivity index (χ3v) is 2.07. The third kappa shape index (κ3) is 1.86. The van der Waals surface area contributed by atoms with Crippen LogP contribution in [0.4, 0.5) is 0 Å². The molecule has 0 radical (unpaired) electrons. The van der Waals surface area contributed by atoms with Crippen molar-refractivity contribution in [3.8, 4) is 0 Å². The van der Waals surface area contributed by atoms with Crippen LogP contribution in [0, 0.1) is 0 Å². The summed E-state index contributed by atoms with van der Waals surface area (Å²) in [5.74, 6) is -1.06. The number of cyclic esters (lactones) is 1. The standard InChI is InChI=1S/C7H12O7/c8-1-2(9)3(10)6-4(11)5(12)7(13)14-6/h2-6,8-12H,1H2/t2-,3-,4-,5-,6-/m1/s1. The topological polar surface area (TPSA) is 127 Å². The smallest absolute Gasteiger partial charge is 0.338 e. The van der Waals surface area contributed by atoms with E-state index in [1.54, 1.807) is 0 Å². The Morgan fingerprint density at radius 2 is 1.93 bits per heavy atom. The van der Waals surface area contributed by atoms with E-state index >= 15 is 0 Å². The first kappa shape index (κ1) is 11.3. The SMILES string of the molecule is O=C1O[C@H]([C@H](O)[C@H](O)CO)[C@H](O)[C@H]1O. The van der Waals surface area contributed by atoms with E-state index in [-0.39, 0.29) is 0 Å². The fraction of sp³-hybridized carbons (Fsp3) is 0.857. The molecule has 0 aliphatic carbocycles. The molecular formula is C7H12O7. The number of esters is 1. The first-order valence-corrected chi connectivity index (χ1v) is 4.02. The molecule has 1 heterocycles. The summed E-state index contributed by atoms with van der Waals surface area (Å²) in [7, 11) is 0. The van der Waals surface area contributed by atoms with Gasteiger partial charge in [0.1, 0.15) is 18.3 Å². The molecule has 1 rings (SSSR count). The molecule has 5 atom stereocenters. The lowest BCUT2D eigenvalue weighted by Gasteiger charge is -2.23. The van der Waals surface area contributed by atoms with Crippen molar-refractivity contribution in [1.29, 1.82) is 0 Å². The summed E-state index contributed by atoms with van der Waals surface area (Å²) < 4.78 is 4.41. The van der Waals surface area contributed by atoms with Gasteiger partial charge in [0.2, 0.25) is 0 Å². The highest BCUT2D eigenvalue weighted by Gasteiger charge is 2.47. The van der Waals surface area contributed by atoms with Crippen LogP contribution in [0.15, 0.2) is 0 Å². The van der Waals surface area contributed by atoms with Crippen LogP contribution in [0.3, 0.4) is 0 Å². The Labute approximate surface area is 79.2 Å². The Morgan fingerprint density at radius 1 is 1.36 bits per heavy atom. The van der Waals surface area contributed by atoms with Gasteiger partial charge in [0.05, 0.1) is 6.61 Å². The van der Waals surface area contributed by atoms with Crippen molar-refractivity contribution in [2.24, 2.45) is 0 Å². The number of hydrogen-bond donors (Lipinski definition) is 5. The fourth-order valence-electron chi connectivity index (χ4n) is 1.19. The molecule has 0 saturated carbocycles. The molecule has 0 bridgehead atoms. The number of rotatable bonds is 3. The number of aliphatic hydroxyl groups is 5. The largest absolute Gasteiger partial charge is 0.455 e. The molecule has 5 N–H and O–H groups in total. The second-order valence-electron chi connectivity index (χ2n) is 3.08. The van der Waals surface area contributed by atoms with Gasteiger partial charge in [0.25, 0.3) is 0 Å². The number of ether oxygens (including phenoxy) is 1. The third-order valence-electron chi connectivity index (χ3n) is 2.07.